The van der Waals surface area contributed by atoms with Crippen LogP contribution in [-0.2, 0) is 0 Å². The van der Waals surface area contributed by atoms with Crippen LogP contribution in [0.25, 0.3) is 66.2 Å². The Morgan fingerprint density at radius 1 is 0.421 bits per heavy atom. The van der Waals surface area contributed by atoms with Crippen molar-refractivity contribution in [2.75, 3.05) is 0 Å². The molecule has 0 aliphatic carbocycles. The number of pyridine rings is 1. The molecule has 3 nitrogen and oxygen atoms in total. The molecule has 0 atom stereocenters. The molecule has 0 saturated heterocycles. The van der Waals surface area contributed by atoms with E-state index in [1.165, 1.54) is 38.3 Å². The van der Waals surface area contributed by atoms with Gasteiger partial charge in [-0.2, -0.15) is 0 Å². The minimum atomic E-state index is 0.969. The summed E-state index contributed by atoms with van der Waals surface area (Å²) in [6.45, 7) is 0. The van der Waals surface area contributed by atoms with Crippen LogP contribution in [0.15, 0.2) is 140 Å². The minimum Gasteiger partial charge on any atom is -0.309 e. The third-order valence-corrected chi connectivity index (χ3v) is 7.56. The van der Waals surface area contributed by atoms with Gasteiger partial charge >= 0.3 is 0 Å². The van der Waals surface area contributed by atoms with Crippen LogP contribution in [0, 0.1) is 0 Å². The van der Waals surface area contributed by atoms with Crippen molar-refractivity contribution in [2.24, 2.45) is 0 Å². The molecule has 0 bridgehead atoms. The van der Waals surface area contributed by atoms with Crippen molar-refractivity contribution in [1.82, 2.24) is 14.1 Å². The van der Waals surface area contributed by atoms with Crippen LogP contribution in [-0.4, -0.2) is 14.1 Å². The number of para-hydroxylation sites is 4. The summed E-state index contributed by atoms with van der Waals surface area (Å²) >= 11 is 0. The number of aromatic nitrogens is 3. The molecule has 0 aliphatic heterocycles. The monoisotopic (exact) mass is 485 g/mol. The third-order valence-electron chi connectivity index (χ3n) is 7.56. The first-order valence-corrected chi connectivity index (χ1v) is 12.9. The number of fused-ring (bicyclic) bond motifs is 6. The topological polar surface area (TPSA) is 22.8 Å². The normalized spacial score (nSPS) is 11.7. The van der Waals surface area contributed by atoms with Crippen molar-refractivity contribution in [3.63, 3.8) is 0 Å². The number of benzene rings is 5. The summed E-state index contributed by atoms with van der Waals surface area (Å²) in [5.41, 5.74) is 9.24. The van der Waals surface area contributed by atoms with Crippen LogP contribution in [0.2, 0.25) is 0 Å². The van der Waals surface area contributed by atoms with Crippen LogP contribution >= 0.6 is 0 Å². The molecule has 0 amide bonds. The largest absolute Gasteiger partial charge is 0.309 e. The SMILES string of the molecule is c1ccc(-n2c3cccc(-c4cccc5c6ccccc6n(-c6ccccc6)c45)c3c3cccnc32)cc1. The first-order valence-electron chi connectivity index (χ1n) is 12.9. The Morgan fingerprint density at radius 2 is 1.03 bits per heavy atom. The Hall–Kier alpha value is -5.15. The van der Waals surface area contributed by atoms with E-state index in [2.05, 4.69) is 137 Å². The van der Waals surface area contributed by atoms with Crippen LogP contribution in [0.5, 0.6) is 0 Å². The van der Waals surface area contributed by atoms with Crippen molar-refractivity contribution in [2.45, 2.75) is 0 Å². The smallest absolute Gasteiger partial charge is 0.145 e. The van der Waals surface area contributed by atoms with Gasteiger partial charge in [0.15, 0.2) is 0 Å². The fourth-order valence-electron chi connectivity index (χ4n) is 6.04. The van der Waals surface area contributed by atoms with Gasteiger partial charge in [-0.05, 0) is 54.1 Å². The van der Waals surface area contributed by atoms with Gasteiger partial charge in [-0.15, -0.1) is 0 Å². The summed E-state index contributed by atoms with van der Waals surface area (Å²) in [7, 11) is 0. The first-order chi connectivity index (χ1) is 18.9. The molecule has 0 fully saturated rings. The summed E-state index contributed by atoms with van der Waals surface area (Å²) < 4.78 is 4.69. The molecule has 5 aromatic carbocycles. The Balaban J connectivity index is 1.55. The molecule has 178 valence electrons. The zero-order chi connectivity index (χ0) is 25.1. The van der Waals surface area contributed by atoms with Crippen molar-refractivity contribution in [1.29, 1.82) is 0 Å². The molecule has 3 aromatic heterocycles. The van der Waals surface area contributed by atoms with Gasteiger partial charge in [-0.3, -0.25) is 4.57 Å². The summed E-state index contributed by atoms with van der Waals surface area (Å²) in [6, 6.07) is 47.4. The van der Waals surface area contributed by atoms with E-state index in [0.29, 0.717) is 0 Å². The number of hydrogen-bond acceptors (Lipinski definition) is 1. The van der Waals surface area contributed by atoms with Gasteiger partial charge in [0.2, 0.25) is 0 Å². The maximum Gasteiger partial charge on any atom is 0.145 e. The van der Waals surface area contributed by atoms with Crippen LogP contribution in [0.4, 0.5) is 0 Å². The van der Waals surface area contributed by atoms with Crippen molar-refractivity contribution < 1.29 is 0 Å². The summed E-state index contributed by atoms with van der Waals surface area (Å²) in [5.74, 6) is 0. The molecule has 0 saturated carbocycles. The lowest BCUT2D eigenvalue weighted by Crippen LogP contribution is -1.96. The molecule has 0 radical (unpaired) electrons. The van der Waals surface area contributed by atoms with Gasteiger partial charge in [0, 0.05) is 44.7 Å². The van der Waals surface area contributed by atoms with E-state index in [-0.39, 0.29) is 0 Å². The molecule has 3 heterocycles. The van der Waals surface area contributed by atoms with Crippen molar-refractivity contribution in [3.8, 4) is 22.5 Å². The zero-order valence-corrected chi connectivity index (χ0v) is 20.6. The second-order valence-corrected chi connectivity index (χ2v) is 9.64. The highest BCUT2D eigenvalue weighted by atomic mass is 15.0. The van der Waals surface area contributed by atoms with Gasteiger partial charge in [-0.25, -0.2) is 4.98 Å². The Kier molecular flexibility index (Phi) is 4.52. The molecule has 8 rings (SSSR count). The predicted molar refractivity (Wildman–Crippen MR) is 158 cm³/mol. The fourth-order valence-corrected chi connectivity index (χ4v) is 6.04. The second-order valence-electron chi connectivity index (χ2n) is 9.64. The van der Waals surface area contributed by atoms with Gasteiger partial charge in [0.05, 0.1) is 16.6 Å². The number of rotatable bonds is 3. The maximum atomic E-state index is 4.85. The molecule has 0 aliphatic rings. The highest BCUT2D eigenvalue weighted by Gasteiger charge is 2.20. The first kappa shape index (κ1) is 21.0. The van der Waals surface area contributed by atoms with E-state index in [1.54, 1.807) is 0 Å². The molecule has 0 spiro atoms. The molecule has 0 unspecified atom stereocenters. The highest BCUT2D eigenvalue weighted by molar-refractivity contribution is 6.20. The van der Waals surface area contributed by atoms with Crippen LogP contribution < -0.4 is 0 Å². The second kappa shape index (κ2) is 8.19. The molecule has 38 heavy (non-hydrogen) atoms. The lowest BCUT2D eigenvalue weighted by Gasteiger charge is -2.13. The van der Waals surface area contributed by atoms with Crippen molar-refractivity contribution in [3.05, 3.63) is 140 Å². The number of nitrogens with zero attached hydrogens (tertiary/aromatic N) is 3. The predicted octanol–water partition coefficient (Wildman–Crippen LogP) is 8.94. The minimum absolute atomic E-state index is 0.969. The lowest BCUT2D eigenvalue weighted by atomic mass is 9.97. The van der Waals surface area contributed by atoms with E-state index in [1.807, 2.05) is 12.3 Å². The average Bonchev–Trinajstić information content (AvgIpc) is 3.51. The van der Waals surface area contributed by atoms with E-state index >= 15 is 0 Å². The van der Waals surface area contributed by atoms with E-state index < -0.39 is 0 Å². The Morgan fingerprint density at radius 3 is 1.84 bits per heavy atom. The molecule has 8 aromatic rings. The van der Waals surface area contributed by atoms with E-state index in [9.17, 15) is 0 Å². The van der Waals surface area contributed by atoms with Crippen LogP contribution in [0.1, 0.15) is 0 Å². The van der Waals surface area contributed by atoms with Gasteiger partial charge in [0.25, 0.3) is 0 Å². The fraction of sp³-hybridized carbons (Fsp3) is 0. The van der Waals surface area contributed by atoms with Gasteiger partial charge < -0.3 is 4.57 Å². The quantitative estimate of drug-likeness (QED) is 0.245. The van der Waals surface area contributed by atoms with E-state index in [0.717, 1.165) is 27.9 Å². The lowest BCUT2D eigenvalue weighted by molar-refractivity contribution is 1.14. The summed E-state index contributed by atoms with van der Waals surface area (Å²) in [5, 5.41) is 4.88. The van der Waals surface area contributed by atoms with Crippen LogP contribution in [0.3, 0.4) is 0 Å². The molecule has 3 heteroatoms. The van der Waals surface area contributed by atoms with Gasteiger partial charge in [0.1, 0.15) is 5.65 Å². The molecular weight excluding hydrogens is 462 g/mol. The summed E-state index contributed by atoms with van der Waals surface area (Å²) in [4.78, 5) is 4.85. The standard InChI is InChI=1S/C35H23N3/c1-3-12-24(13-4-1)37-31-21-8-7-16-26(31)28-18-9-19-29(34(28)37)27-17-10-22-32-33(27)30-20-11-23-36-35(30)38(32)25-14-5-2-6-15-25/h1-23H. The molecule has 0 N–H and O–H groups in total. The highest BCUT2D eigenvalue weighted by Crippen LogP contribution is 2.42. The third kappa shape index (κ3) is 2.93. The Labute approximate surface area is 219 Å². The average molecular weight is 486 g/mol. The molecular formula is C35H23N3. The zero-order valence-electron chi connectivity index (χ0n) is 20.6. The summed E-state index contributed by atoms with van der Waals surface area (Å²) in [6.07, 6.45) is 1.88. The van der Waals surface area contributed by atoms with E-state index in [4.69, 9.17) is 4.98 Å². The van der Waals surface area contributed by atoms with Gasteiger partial charge in [-0.1, -0.05) is 84.9 Å². The van der Waals surface area contributed by atoms with Crippen molar-refractivity contribution >= 4 is 43.7 Å². The Bertz CT molecular complexity index is 2120. The maximum absolute atomic E-state index is 4.85. The number of hydrogen-bond donors (Lipinski definition) is 0.